The van der Waals surface area contributed by atoms with Crippen LogP contribution >= 0.6 is 7.75 Å². The summed E-state index contributed by atoms with van der Waals surface area (Å²) in [6.07, 6.45) is -0.00404. The molecule has 118 valence electrons. The molecule has 0 atom stereocenters. The molecule has 0 saturated carbocycles. The Morgan fingerprint density at radius 3 is 2.38 bits per heavy atom. The lowest BCUT2D eigenvalue weighted by Gasteiger charge is -2.18. The predicted molar refractivity (Wildman–Crippen MR) is 80.2 cm³/mol. The largest absolute Gasteiger partial charge is 0.481 e. The molecule has 0 aliphatic rings. The van der Waals surface area contributed by atoms with Gasteiger partial charge in [0.15, 0.2) is 0 Å². The smallest absolute Gasteiger partial charge is 0.405 e. The molecule has 21 heavy (non-hydrogen) atoms. The van der Waals surface area contributed by atoms with E-state index >= 15 is 0 Å². The molecule has 1 aromatic rings. The summed E-state index contributed by atoms with van der Waals surface area (Å²) in [5.41, 5.74) is 2.55. The molecule has 0 heterocycles. The van der Waals surface area contributed by atoms with Crippen molar-refractivity contribution in [1.29, 1.82) is 0 Å². The third-order valence-electron chi connectivity index (χ3n) is 2.82. The zero-order valence-corrected chi connectivity index (χ0v) is 13.5. The van der Waals surface area contributed by atoms with Crippen LogP contribution in [0.5, 0.6) is 0 Å². The second-order valence-electron chi connectivity index (χ2n) is 4.50. The maximum absolute atomic E-state index is 12.3. The van der Waals surface area contributed by atoms with Gasteiger partial charge in [0, 0.05) is 6.54 Å². The van der Waals surface area contributed by atoms with Crippen molar-refractivity contribution in [3.8, 4) is 0 Å². The van der Waals surface area contributed by atoms with E-state index in [0.29, 0.717) is 19.8 Å². The fraction of sp³-hybridized carbons (Fsp3) is 0.500. The third-order valence-corrected chi connectivity index (χ3v) is 4.57. The molecule has 2 N–H and O–H groups in total. The summed E-state index contributed by atoms with van der Waals surface area (Å²) in [6.45, 7) is 6.26. The van der Waals surface area contributed by atoms with Crippen molar-refractivity contribution < 1.29 is 23.5 Å². The lowest BCUT2D eigenvalue weighted by molar-refractivity contribution is -0.136. The highest BCUT2D eigenvalue weighted by atomic mass is 31.2. The van der Waals surface area contributed by atoms with Crippen molar-refractivity contribution >= 4 is 13.7 Å². The van der Waals surface area contributed by atoms with Crippen molar-refractivity contribution in [3.63, 3.8) is 0 Å². The summed E-state index contributed by atoms with van der Waals surface area (Å²) in [7, 11) is -3.28. The molecule has 7 heteroatoms. The number of aliphatic carboxylic acids is 1. The van der Waals surface area contributed by atoms with Gasteiger partial charge in [-0.05, 0) is 37.5 Å². The van der Waals surface area contributed by atoms with Crippen molar-refractivity contribution in [2.75, 3.05) is 13.2 Å². The topological polar surface area (TPSA) is 84.9 Å². The zero-order chi connectivity index (χ0) is 15.9. The number of aryl methyl sites for hydroxylation is 1. The number of nitrogens with one attached hydrogen (secondary N) is 1. The SMILES string of the molecule is CCOP(=O)(NCc1ccc(CC(=O)O)c(C)c1)OCC. The first-order valence-electron chi connectivity index (χ1n) is 6.84. The number of hydrogen-bond donors (Lipinski definition) is 2. The Balaban J connectivity index is 2.73. The van der Waals surface area contributed by atoms with E-state index in [1.54, 1.807) is 26.0 Å². The highest BCUT2D eigenvalue weighted by Crippen LogP contribution is 2.43. The molecule has 1 aromatic carbocycles. The zero-order valence-electron chi connectivity index (χ0n) is 12.6. The van der Waals surface area contributed by atoms with Crippen molar-refractivity contribution in [2.45, 2.75) is 33.7 Å². The molecule has 0 fully saturated rings. The van der Waals surface area contributed by atoms with E-state index in [0.717, 1.165) is 16.7 Å². The molecule has 0 radical (unpaired) electrons. The van der Waals surface area contributed by atoms with Gasteiger partial charge in [-0.1, -0.05) is 18.2 Å². The number of carbonyl (C=O) groups is 1. The van der Waals surface area contributed by atoms with Crippen molar-refractivity contribution in [3.05, 3.63) is 34.9 Å². The van der Waals surface area contributed by atoms with Crippen molar-refractivity contribution in [2.24, 2.45) is 0 Å². The Morgan fingerprint density at radius 2 is 1.90 bits per heavy atom. The Hall–Kier alpha value is -1.20. The van der Waals surface area contributed by atoms with E-state index in [4.69, 9.17) is 14.2 Å². The minimum Gasteiger partial charge on any atom is -0.481 e. The predicted octanol–water partition coefficient (Wildman–Crippen LogP) is 2.89. The van der Waals surface area contributed by atoms with Gasteiger partial charge in [-0.3, -0.25) is 13.8 Å². The Labute approximate surface area is 125 Å². The molecule has 0 aromatic heterocycles. The minimum absolute atomic E-state index is 0.00404. The number of benzene rings is 1. The Bertz CT molecular complexity index is 522. The first-order valence-corrected chi connectivity index (χ1v) is 8.39. The van der Waals surface area contributed by atoms with Gasteiger partial charge in [0.2, 0.25) is 0 Å². The lowest BCUT2D eigenvalue weighted by atomic mass is 10.0. The minimum atomic E-state index is -3.28. The normalized spacial score (nSPS) is 11.6. The monoisotopic (exact) mass is 315 g/mol. The Kier molecular flexibility index (Phi) is 7.05. The van der Waals surface area contributed by atoms with E-state index in [-0.39, 0.29) is 6.42 Å². The molecule has 0 aliphatic heterocycles. The van der Waals surface area contributed by atoms with Gasteiger partial charge in [0.1, 0.15) is 0 Å². The van der Waals surface area contributed by atoms with Gasteiger partial charge in [-0.25, -0.2) is 9.65 Å². The van der Waals surface area contributed by atoms with Crippen LogP contribution in [0.2, 0.25) is 0 Å². The molecular formula is C14H22NO5P. The van der Waals surface area contributed by atoms with Gasteiger partial charge in [-0.15, -0.1) is 0 Å². The van der Waals surface area contributed by atoms with E-state index in [1.807, 2.05) is 13.0 Å². The number of carboxylic acids is 1. The summed E-state index contributed by atoms with van der Waals surface area (Å²) in [5.74, 6) is -0.860. The molecule has 0 bridgehead atoms. The van der Waals surface area contributed by atoms with Crippen LogP contribution in [0, 0.1) is 6.92 Å². The van der Waals surface area contributed by atoms with Crippen molar-refractivity contribution in [1.82, 2.24) is 5.09 Å². The highest BCUT2D eigenvalue weighted by molar-refractivity contribution is 7.51. The molecular weight excluding hydrogens is 293 g/mol. The van der Waals surface area contributed by atoms with Crippen LogP contribution in [0.3, 0.4) is 0 Å². The number of hydrogen-bond acceptors (Lipinski definition) is 4. The first kappa shape index (κ1) is 17.9. The molecule has 0 saturated heterocycles. The van der Waals surface area contributed by atoms with Gasteiger partial charge in [0.25, 0.3) is 0 Å². The van der Waals surface area contributed by atoms with Crippen LogP contribution in [-0.2, 0) is 31.4 Å². The average molecular weight is 315 g/mol. The maximum atomic E-state index is 12.3. The average Bonchev–Trinajstić information content (AvgIpc) is 2.39. The van der Waals surface area contributed by atoms with Crippen LogP contribution in [0.25, 0.3) is 0 Å². The van der Waals surface area contributed by atoms with Gasteiger partial charge >= 0.3 is 13.7 Å². The summed E-state index contributed by atoms with van der Waals surface area (Å²) < 4.78 is 22.5. The van der Waals surface area contributed by atoms with E-state index in [9.17, 15) is 9.36 Å². The Morgan fingerprint density at radius 1 is 1.29 bits per heavy atom. The van der Waals surface area contributed by atoms with Crippen LogP contribution in [0.4, 0.5) is 0 Å². The van der Waals surface area contributed by atoms with Gasteiger partial charge in [-0.2, -0.15) is 0 Å². The van der Waals surface area contributed by atoms with Crippen LogP contribution in [-0.4, -0.2) is 24.3 Å². The quantitative estimate of drug-likeness (QED) is 0.682. The third kappa shape index (κ3) is 5.98. The van der Waals surface area contributed by atoms with Gasteiger partial charge < -0.3 is 5.11 Å². The molecule has 1 rings (SSSR count). The van der Waals surface area contributed by atoms with Gasteiger partial charge in [0.05, 0.1) is 19.6 Å². The molecule has 6 nitrogen and oxygen atoms in total. The molecule has 0 amide bonds. The van der Waals surface area contributed by atoms with E-state index in [1.165, 1.54) is 0 Å². The van der Waals surface area contributed by atoms with E-state index < -0.39 is 13.7 Å². The molecule has 0 unspecified atom stereocenters. The van der Waals surface area contributed by atoms with Crippen LogP contribution in [0.15, 0.2) is 18.2 Å². The summed E-state index contributed by atoms with van der Waals surface area (Å²) in [6, 6.07) is 5.45. The standard InChI is InChI=1S/C14H22NO5P/c1-4-19-21(18,20-5-2)15-10-12-6-7-13(9-14(16)17)11(3)8-12/h6-8H,4-5,9-10H2,1-3H3,(H,15,18)(H,16,17). The molecule has 0 spiro atoms. The summed E-state index contributed by atoms with van der Waals surface area (Å²) in [4.78, 5) is 10.7. The fourth-order valence-electron chi connectivity index (χ4n) is 1.89. The fourth-order valence-corrected chi connectivity index (χ4v) is 3.20. The number of rotatable bonds is 9. The first-order chi connectivity index (χ1) is 9.90. The number of carboxylic acid groups (broad SMARTS) is 1. The molecule has 0 aliphatic carbocycles. The van der Waals surface area contributed by atoms with E-state index in [2.05, 4.69) is 5.09 Å². The second-order valence-corrected chi connectivity index (χ2v) is 6.33. The maximum Gasteiger partial charge on any atom is 0.405 e. The lowest BCUT2D eigenvalue weighted by Crippen LogP contribution is -2.15. The van der Waals surface area contributed by atoms with Crippen LogP contribution < -0.4 is 5.09 Å². The summed E-state index contributed by atoms with van der Waals surface area (Å²) >= 11 is 0. The second kappa shape index (κ2) is 8.29. The summed E-state index contributed by atoms with van der Waals surface area (Å²) in [5, 5.41) is 11.6. The van der Waals surface area contributed by atoms with Crippen LogP contribution in [0.1, 0.15) is 30.5 Å². The highest BCUT2D eigenvalue weighted by Gasteiger charge is 2.22.